The fourth-order valence-corrected chi connectivity index (χ4v) is 2.72. The second-order valence-electron chi connectivity index (χ2n) is 5.00. The Morgan fingerprint density at radius 3 is 2.20 bits per heavy atom. The number of hydrogen-bond acceptors (Lipinski definition) is 5. The summed E-state index contributed by atoms with van der Waals surface area (Å²) < 4.78 is 16.6. The van der Waals surface area contributed by atoms with Crippen molar-refractivity contribution in [2.24, 2.45) is 0 Å². The number of nitrogens with zero attached hydrogens (tertiary/aromatic N) is 2. The molecular weight excluding hydrogens is 388 g/mol. The summed E-state index contributed by atoms with van der Waals surface area (Å²) in [5, 5.41) is 9.42. The molecule has 0 fully saturated rings. The maximum absolute atomic E-state index is 12.8. The molecule has 0 atom stereocenters. The van der Waals surface area contributed by atoms with Gasteiger partial charge in [-0.05, 0) is 23.8 Å². The summed E-state index contributed by atoms with van der Waals surface area (Å²) >= 11 is 3.42. The topological polar surface area (TPSA) is 71.8 Å². The number of halogens is 1. The zero-order valence-electron chi connectivity index (χ0n) is 14.1. The largest absolute Gasteiger partial charge is 0.493 e. The van der Waals surface area contributed by atoms with Crippen LogP contribution in [0.1, 0.15) is 15.9 Å². The molecule has 0 bridgehead atoms. The highest BCUT2D eigenvalue weighted by Crippen LogP contribution is 2.38. The van der Waals surface area contributed by atoms with Gasteiger partial charge in [0.15, 0.2) is 17.7 Å². The molecule has 0 saturated heterocycles. The van der Waals surface area contributed by atoms with Crippen molar-refractivity contribution in [3.63, 3.8) is 0 Å². The van der Waals surface area contributed by atoms with Gasteiger partial charge in [-0.25, -0.2) is 4.90 Å². The average molecular weight is 405 g/mol. The van der Waals surface area contributed by atoms with E-state index in [1.165, 1.54) is 33.5 Å². The molecule has 2 aromatic rings. The zero-order valence-corrected chi connectivity index (χ0v) is 15.7. The lowest BCUT2D eigenvalue weighted by Gasteiger charge is -2.17. The van der Waals surface area contributed by atoms with Gasteiger partial charge in [0.1, 0.15) is 0 Å². The van der Waals surface area contributed by atoms with Crippen LogP contribution in [0.2, 0.25) is 0 Å². The highest BCUT2D eigenvalue weighted by Gasteiger charge is 2.22. The highest BCUT2D eigenvalue weighted by atomic mass is 79.9. The number of amides is 1. The van der Waals surface area contributed by atoms with Crippen LogP contribution in [0.15, 0.2) is 40.9 Å². The van der Waals surface area contributed by atoms with E-state index in [1.54, 1.807) is 0 Å². The highest BCUT2D eigenvalue weighted by molar-refractivity contribution is 9.10. The van der Waals surface area contributed by atoms with E-state index in [0.29, 0.717) is 17.2 Å². The first-order valence-electron chi connectivity index (χ1n) is 7.30. The van der Waals surface area contributed by atoms with Gasteiger partial charge in [0.25, 0.3) is 5.91 Å². The van der Waals surface area contributed by atoms with Gasteiger partial charge < -0.3 is 14.2 Å². The second-order valence-corrected chi connectivity index (χ2v) is 5.85. The van der Waals surface area contributed by atoms with Crippen molar-refractivity contribution in [2.75, 3.05) is 21.3 Å². The first-order valence-corrected chi connectivity index (χ1v) is 8.10. The second kappa shape index (κ2) is 8.40. The van der Waals surface area contributed by atoms with Crippen molar-refractivity contribution in [1.82, 2.24) is 4.90 Å². The van der Waals surface area contributed by atoms with E-state index in [2.05, 4.69) is 15.9 Å². The fourth-order valence-electron chi connectivity index (χ4n) is 2.31. The quantitative estimate of drug-likeness (QED) is 0.543. The zero-order chi connectivity index (χ0) is 18.4. The lowest BCUT2D eigenvalue weighted by atomic mass is 10.1. The number of nitriles is 1. The molecule has 2 rings (SSSR count). The number of hydrogen-bond donors (Lipinski definition) is 0. The minimum Gasteiger partial charge on any atom is -0.493 e. The first-order chi connectivity index (χ1) is 12.0. The van der Waals surface area contributed by atoms with E-state index in [1.807, 2.05) is 30.5 Å². The molecule has 7 heteroatoms. The van der Waals surface area contributed by atoms with Crippen LogP contribution in [0.4, 0.5) is 0 Å². The standard InChI is InChI=1S/C18H17BrN2O4/c1-23-15-8-13(9-16(24-2)17(15)25-3)18(22)21(11-20)10-12-6-4-5-7-14(12)19/h4-9H,10H2,1-3H3. The van der Waals surface area contributed by atoms with E-state index in [-0.39, 0.29) is 12.1 Å². The Labute approximate surface area is 154 Å². The van der Waals surface area contributed by atoms with Crippen molar-refractivity contribution < 1.29 is 19.0 Å². The molecule has 0 heterocycles. The normalized spacial score (nSPS) is 9.88. The Kier molecular flexibility index (Phi) is 6.25. The number of benzene rings is 2. The Hall–Kier alpha value is -2.72. The summed E-state index contributed by atoms with van der Waals surface area (Å²) in [6.07, 6.45) is 1.93. The van der Waals surface area contributed by atoms with E-state index in [9.17, 15) is 10.1 Å². The molecule has 130 valence electrons. The number of carbonyl (C=O) groups excluding carboxylic acids is 1. The third kappa shape index (κ3) is 4.03. The molecule has 25 heavy (non-hydrogen) atoms. The molecule has 0 aromatic heterocycles. The van der Waals surface area contributed by atoms with Gasteiger partial charge in [-0.15, -0.1) is 0 Å². The van der Waals surface area contributed by atoms with E-state index in [4.69, 9.17) is 14.2 Å². The summed E-state index contributed by atoms with van der Waals surface area (Å²) in [4.78, 5) is 13.8. The van der Waals surface area contributed by atoms with Crippen molar-refractivity contribution in [3.05, 3.63) is 52.0 Å². The van der Waals surface area contributed by atoms with Crippen molar-refractivity contribution in [1.29, 1.82) is 5.26 Å². The van der Waals surface area contributed by atoms with Gasteiger partial charge in [-0.1, -0.05) is 34.1 Å². The van der Waals surface area contributed by atoms with Crippen LogP contribution >= 0.6 is 15.9 Å². The van der Waals surface area contributed by atoms with Crippen molar-refractivity contribution >= 4 is 21.8 Å². The van der Waals surface area contributed by atoms with Crippen LogP contribution in [-0.4, -0.2) is 32.1 Å². The Bertz CT molecular complexity index is 792. The fraction of sp³-hybridized carbons (Fsp3) is 0.222. The molecule has 0 unspecified atom stereocenters. The van der Waals surface area contributed by atoms with Crippen molar-refractivity contribution in [2.45, 2.75) is 6.54 Å². The third-order valence-electron chi connectivity index (χ3n) is 3.56. The molecule has 1 amide bonds. The summed E-state index contributed by atoms with van der Waals surface area (Å²) in [7, 11) is 4.42. The summed E-state index contributed by atoms with van der Waals surface area (Å²) in [5.41, 5.74) is 1.09. The predicted molar refractivity (Wildman–Crippen MR) is 95.7 cm³/mol. The van der Waals surface area contributed by atoms with Crippen LogP contribution in [0.5, 0.6) is 17.2 Å². The van der Waals surface area contributed by atoms with Crippen LogP contribution in [0, 0.1) is 11.5 Å². The van der Waals surface area contributed by atoms with E-state index < -0.39 is 5.91 Å². The Morgan fingerprint density at radius 1 is 1.12 bits per heavy atom. The number of carbonyl (C=O) groups is 1. The van der Waals surface area contributed by atoms with Crippen LogP contribution < -0.4 is 14.2 Å². The summed E-state index contributed by atoms with van der Waals surface area (Å²) in [5.74, 6) is 0.626. The molecule has 0 spiro atoms. The summed E-state index contributed by atoms with van der Waals surface area (Å²) in [6.45, 7) is 0.146. The number of methoxy groups -OCH3 is 3. The average Bonchev–Trinajstić information content (AvgIpc) is 2.65. The number of ether oxygens (including phenoxy) is 3. The smallest absolute Gasteiger partial charge is 0.267 e. The first kappa shape index (κ1) is 18.6. The van der Waals surface area contributed by atoms with Gasteiger partial charge in [0.2, 0.25) is 5.75 Å². The number of rotatable bonds is 6. The molecule has 0 saturated carbocycles. The monoisotopic (exact) mass is 404 g/mol. The molecule has 0 N–H and O–H groups in total. The molecular formula is C18H17BrN2O4. The van der Waals surface area contributed by atoms with Crippen LogP contribution in [0.25, 0.3) is 0 Å². The van der Waals surface area contributed by atoms with Gasteiger partial charge in [0, 0.05) is 10.0 Å². The molecule has 0 radical (unpaired) electrons. The van der Waals surface area contributed by atoms with Crippen LogP contribution in [-0.2, 0) is 6.54 Å². The molecule has 2 aromatic carbocycles. The Balaban J connectivity index is 2.38. The SMILES string of the molecule is COc1cc(C(=O)N(C#N)Cc2ccccc2Br)cc(OC)c1OC. The van der Waals surface area contributed by atoms with E-state index in [0.717, 1.165) is 14.9 Å². The minimum atomic E-state index is -0.461. The van der Waals surface area contributed by atoms with Gasteiger partial charge >= 0.3 is 0 Å². The molecule has 0 aliphatic carbocycles. The molecule has 0 aliphatic rings. The predicted octanol–water partition coefficient (Wildman–Crippen LogP) is 3.60. The van der Waals surface area contributed by atoms with Gasteiger partial charge in [-0.3, -0.25) is 4.79 Å². The van der Waals surface area contributed by atoms with Crippen molar-refractivity contribution in [3.8, 4) is 23.4 Å². The maximum atomic E-state index is 12.8. The third-order valence-corrected chi connectivity index (χ3v) is 4.34. The van der Waals surface area contributed by atoms with Gasteiger partial charge in [-0.2, -0.15) is 5.26 Å². The Morgan fingerprint density at radius 2 is 1.72 bits per heavy atom. The van der Waals surface area contributed by atoms with Crippen LogP contribution in [0.3, 0.4) is 0 Å². The lowest BCUT2D eigenvalue weighted by molar-refractivity contribution is 0.0823. The lowest BCUT2D eigenvalue weighted by Crippen LogP contribution is -2.26. The minimum absolute atomic E-state index is 0.146. The van der Waals surface area contributed by atoms with Gasteiger partial charge in [0.05, 0.1) is 27.9 Å². The molecule has 6 nitrogen and oxygen atoms in total. The maximum Gasteiger partial charge on any atom is 0.267 e. The molecule has 0 aliphatic heterocycles. The summed E-state index contributed by atoms with van der Waals surface area (Å²) in [6, 6.07) is 10.5. The van der Waals surface area contributed by atoms with E-state index >= 15 is 0 Å².